The van der Waals surface area contributed by atoms with Gasteiger partial charge in [-0.05, 0) is 12.1 Å². The number of halogens is 2. The molecule has 6 nitrogen and oxygen atoms in total. The molecule has 0 radical (unpaired) electrons. The maximum Gasteiger partial charge on any atom is 0.387 e. The first-order valence-electron chi connectivity index (χ1n) is 4.79. The third-order valence-electron chi connectivity index (χ3n) is 2.17. The molecule has 0 amide bonds. The number of aliphatic hydroxyl groups is 1. The number of rotatable bonds is 5. The molecule has 8 heteroatoms. The van der Waals surface area contributed by atoms with Crippen molar-refractivity contribution in [2.75, 3.05) is 0 Å². The molecule has 0 aliphatic carbocycles. The van der Waals surface area contributed by atoms with Crippen LogP contribution in [0, 0.1) is 11.3 Å². The van der Waals surface area contributed by atoms with E-state index < -0.39 is 35.6 Å². The van der Waals surface area contributed by atoms with Crippen LogP contribution in [0.25, 0.3) is 0 Å². The Morgan fingerprint density at radius 1 is 1.47 bits per heavy atom. The van der Waals surface area contributed by atoms with Crippen LogP contribution in [0.1, 0.15) is 27.6 Å². The van der Waals surface area contributed by atoms with Crippen molar-refractivity contribution >= 4 is 12.3 Å². The lowest BCUT2D eigenvalue weighted by Crippen LogP contribution is -2.14. The minimum atomic E-state index is -3.19. The molecule has 2 N–H and O–H groups in total. The van der Waals surface area contributed by atoms with Gasteiger partial charge < -0.3 is 14.9 Å². The summed E-state index contributed by atoms with van der Waals surface area (Å²) in [5, 5.41) is 26.9. The molecule has 1 atom stereocenters. The summed E-state index contributed by atoms with van der Waals surface area (Å²) in [6.07, 6.45) is -1.95. The molecular weight excluding hydrogens is 264 g/mol. The number of nitrogens with zero attached hydrogens (tertiary/aromatic N) is 1. The van der Waals surface area contributed by atoms with Crippen molar-refractivity contribution in [3.63, 3.8) is 0 Å². The molecule has 0 heterocycles. The van der Waals surface area contributed by atoms with Gasteiger partial charge in [0.15, 0.2) is 12.4 Å². The summed E-state index contributed by atoms with van der Waals surface area (Å²) in [5.74, 6) is -2.21. The second kappa shape index (κ2) is 5.88. The first-order valence-corrected chi connectivity index (χ1v) is 4.79. The van der Waals surface area contributed by atoms with Gasteiger partial charge in [0.05, 0.1) is 5.56 Å². The molecule has 0 fully saturated rings. The monoisotopic (exact) mass is 271 g/mol. The fourth-order valence-corrected chi connectivity index (χ4v) is 1.40. The molecule has 0 saturated carbocycles. The van der Waals surface area contributed by atoms with Gasteiger partial charge in [-0.25, -0.2) is 4.79 Å². The van der Waals surface area contributed by atoms with Crippen molar-refractivity contribution in [3.05, 3.63) is 28.8 Å². The SMILES string of the molecule is N#Cc1c(C=O)cc(OC(F)F)cc1C(O)C(=O)O. The van der Waals surface area contributed by atoms with E-state index in [0.717, 1.165) is 12.1 Å². The van der Waals surface area contributed by atoms with Crippen LogP contribution >= 0.6 is 0 Å². The highest BCUT2D eigenvalue weighted by Gasteiger charge is 2.23. The zero-order valence-electron chi connectivity index (χ0n) is 9.21. The maximum absolute atomic E-state index is 12.1. The van der Waals surface area contributed by atoms with Crippen LogP contribution in [0.2, 0.25) is 0 Å². The minimum Gasteiger partial charge on any atom is -0.479 e. The predicted molar refractivity (Wildman–Crippen MR) is 55.8 cm³/mol. The van der Waals surface area contributed by atoms with Crippen LogP contribution in [-0.4, -0.2) is 29.1 Å². The number of alkyl halides is 2. The number of carbonyl (C=O) groups is 2. The summed E-state index contributed by atoms with van der Waals surface area (Å²) < 4.78 is 28.2. The molecule has 1 unspecified atom stereocenters. The molecule has 19 heavy (non-hydrogen) atoms. The largest absolute Gasteiger partial charge is 0.479 e. The van der Waals surface area contributed by atoms with Crippen LogP contribution in [-0.2, 0) is 4.79 Å². The number of carboxylic acids is 1. The number of ether oxygens (including phenoxy) is 1. The second-order valence-corrected chi connectivity index (χ2v) is 3.33. The van der Waals surface area contributed by atoms with E-state index in [0.29, 0.717) is 0 Å². The molecule has 0 aliphatic heterocycles. The number of carbonyl (C=O) groups excluding carboxylic acids is 1. The third kappa shape index (κ3) is 3.23. The number of hydrogen-bond donors (Lipinski definition) is 2. The average molecular weight is 271 g/mol. The third-order valence-corrected chi connectivity index (χ3v) is 2.17. The van der Waals surface area contributed by atoms with Crippen molar-refractivity contribution in [2.24, 2.45) is 0 Å². The van der Waals surface area contributed by atoms with E-state index in [9.17, 15) is 23.5 Å². The summed E-state index contributed by atoms with van der Waals surface area (Å²) >= 11 is 0. The molecule has 0 bridgehead atoms. The highest BCUT2D eigenvalue weighted by atomic mass is 19.3. The van der Waals surface area contributed by atoms with Gasteiger partial charge in [-0.1, -0.05) is 0 Å². The van der Waals surface area contributed by atoms with Gasteiger partial charge in [-0.3, -0.25) is 4.79 Å². The van der Waals surface area contributed by atoms with Crippen LogP contribution in [0.3, 0.4) is 0 Å². The number of nitriles is 1. The number of aliphatic hydroxyl groups excluding tert-OH is 1. The van der Waals surface area contributed by atoms with Gasteiger partial charge in [0.25, 0.3) is 0 Å². The van der Waals surface area contributed by atoms with Gasteiger partial charge in [-0.2, -0.15) is 14.0 Å². The molecular formula is C11H7F2NO5. The van der Waals surface area contributed by atoms with E-state index in [1.54, 1.807) is 0 Å². The number of benzene rings is 1. The van der Waals surface area contributed by atoms with E-state index in [1.165, 1.54) is 6.07 Å². The Balaban J connectivity index is 3.44. The van der Waals surface area contributed by atoms with Crippen LogP contribution in [0.4, 0.5) is 8.78 Å². The van der Waals surface area contributed by atoms with Crippen molar-refractivity contribution in [3.8, 4) is 11.8 Å². The Bertz CT molecular complexity index is 553. The Labute approximate surface area is 105 Å². The fourth-order valence-electron chi connectivity index (χ4n) is 1.40. The number of carboxylic acid groups (broad SMARTS) is 1. The second-order valence-electron chi connectivity index (χ2n) is 3.33. The van der Waals surface area contributed by atoms with E-state index in [2.05, 4.69) is 4.74 Å². The average Bonchev–Trinajstić information content (AvgIpc) is 2.35. The lowest BCUT2D eigenvalue weighted by Gasteiger charge is -2.12. The fraction of sp³-hybridized carbons (Fsp3) is 0.182. The summed E-state index contributed by atoms with van der Waals surface area (Å²) in [5.41, 5.74) is -1.25. The summed E-state index contributed by atoms with van der Waals surface area (Å²) in [7, 11) is 0. The highest BCUT2D eigenvalue weighted by molar-refractivity contribution is 5.83. The van der Waals surface area contributed by atoms with Gasteiger partial charge >= 0.3 is 12.6 Å². The Morgan fingerprint density at radius 2 is 2.11 bits per heavy atom. The van der Waals surface area contributed by atoms with Gasteiger partial charge in [0.1, 0.15) is 11.8 Å². The van der Waals surface area contributed by atoms with Crippen molar-refractivity contribution in [2.45, 2.75) is 12.7 Å². The van der Waals surface area contributed by atoms with Crippen LogP contribution in [0.15, 0.2) is 12.1 Å². The molecule has 0 aromatic heterocycles. The molecule has 1 rings (SSSR count). The van der Waals surface area contributed by atoms with E-state index in [-0.39, 0.29) is 11.8 Å². The Hall–Kier alpha value is -2.53. The van der Waals surface area contributed by atoms with Gasteiger partial charge in [0, 0.05) is 11.1 Å². The molecule has 100 valence electrons. The van der Waals surface area contributed by atoms with Crippen molar-refractivity contribution in [1.82, 2.24) is 0 Å². The zero-order chi connectivity index (χ0) is 14.6. The summed E-state index contributed by atoms with van der Waals surface area (Å²) in [6.45, 7) is -3.19. The quantitative estimate of drug-likeness (QED) is 0.776. The van der Waals surface area contributed by atoms with Crippen molar-refractivity contribution in [1.29, 1.82) is 5.26 Å². The first-order chi connectivity index (χ1) is 8.90. The Morgan fingerprint density at radius 3 is 2.53 bits per heavy atom. The minimum absolute atomic E-state index is 0.176. The standard InChI is InChI=1S/C11H7F2NO5/c12-11(13)19-6-1-5(4-15)8(3-14)7(2-6)9(16)10(17)18/h1-2,4,9,11,16H,(H,17,18). The molecule has 0 saturated heterocycles. The Kier molecular flexibility index (Phi) is 4.50. The highest BCUT2D eigenvalue weighted by Crippen LogP contribution is 2.27. The number of aliphatic carboxylic acids is 1. The van der Waals surface area contributed by atoms with Gasteiger partial charge in [-0.15, -0.1) is 0 Å². The van der Waals surface area contributed by atoms with Gasteiger partial charge in [0.2, 0.25) is 0 Å². The smallest absolute Gasteiger partial charge is 0.387 e. The first kappa shape index (κ1) is 14.5. The predicted octanol–water partition coefficient (Wildman–Crippen LogP) is 1.09. The number of aldehydes is 1. The van der Waals surface area contributed by atoms with E-state index in [4.69, 9.17) is 10.4 Å². The molecule has 1 aromatic carbocycles. The lowest BCUT2D eigenvalue weighted by atomic mass is 9.98. The van der Waals surface area contributed by atoms with Crippen LogP contribution < -0.4 is 4.74 Å². The summed E-state index contributed by atoms with van der Waals surface area (Å²) in [6, 6.07) is 3.17. The van der Waals surface area contributed by atoms with E-state index in [1.807, 2.05) is 0 Å². The molecule has 0 aliphatic rings. The number of hydrogen-bond acceptors (Lipinski definition) is 5. The van der Waals surface area contributed by atoms with Crippen molar-refractivity contribution < 1.29 is 33.3 Å². The zero-order valence-corrected chi connectivity index (χ0v) is 9.21. The molecule has 1 aromatic rings. The van der Waals surface area contributed by atoms with E-state index >= 15 is 0 Å². The topological polar surface area (TPSA) is 108 Å². The normalized spacial score (nSPS) is 11.7. The van der Waals surface area contributed by atoms with Crippen LogP contribution in [0.5, 0.6) is 5.75 Å². The lowest BCUT2D eigenvalue weighted by molar-refractivity contribution is -0.146. The summed E-state index contributed by atoms with van der Waals surface area (Å²) in [4.78, 5) is 21.4. The molecule has 0 spiro atoms. The maximum atomic E-state index is 12.1.